The van der Waals surface area contributed by atoms with Gasteiger partial charge in [-0.25, -0.2) is 4.57 Å². The first-order valence-electron chi connectivity index (χ1n) is 11.9. The minimum Gasteiger partial charge on any atom is -0.463 e. The summed E-state index contributed by atoms with van der Waals surface area (Å²) in [7, 11) is -3.85. The van der Waals surface area contributed by atoms with Gasteiger partial charge in [0.25, 0.3) is 0 Å². The van der Waals surface area contributed by atoms with Crippen LogP contribution in [0.1, 0.15) is 81.1 Å². The van der Waals surface area contributed by atoms with Gasteiger partial charge >= 0.3 is 13.8 Å². The molecule has 190 valence electrons. The fraction of sp³-hybridized carbons (Fsp3) is 0.957. The summed E-state index contributed by atoms with van der Waals surface area (Å²) in [5, 5.41) is 0. The van der Waals surface area contributed by atoms with Gasteiger partial charge in [-0.15, -0.1) is 0 Å². The van der Waals surface area contributed by atoms with Crippen LogP contribution in [-0.4, -0.2) is 68.1 Å². The van der Waals surface area contributed by atoms with Crippen molar-refractivity contribution in [1.29, 1.82) is 0 Å². The Balaban J connectivity index is 2.58. The first kappa shape index (κ1) is 29.5. The molecule has 0 aromatic rings. The summed E-state index contributed by atoms with van der Waals surface area (Å²) in [5.41, 5.74) is -1.95. The number of ether oxygens (including phenoxy) is 2. The Morgan fingerprint density at radius 1 is 0.938 bits per heavy atom. The van der Waals surface area contributed by atoms with E-state index in [1.165, 1.54) is 0 Å². The second-order valence-electron chi connectivity index (χ2n) is 10.3. The summed E-state index contributed by atoms with van der Waals surface area (Å²) >= 11 is 0. The highest BCUT2D eigenvalue weighted by molar-refractivity contribution is 7.48. The molecule has 32 heavy (non-hydrogen) atoms. The number of morpholine rings is 1. The average molecular weight is 480 g/mol. The van der Waals surface area contributed by atoms with Crippen molar-refractivity contribution >= 4 is 13.8 Å². The molecular formula is C23H46NO7P. The minimum atomic E-state index is -3.85. The number of carbonyl (C=O) groups excluding carboxylic acids is 1. The van der Waals surface area contributed by atoms with Crippen LogP contribution in [-0.2, 0) is 32.4 Å². The van der Waals surface area contributed by atoms with Gasteiger partial charge in [0.2, 0.25) is 0 Å². The normalized spacial score (nSPS) is 18.4. The Labute approximate surface area is 195 Å². The molecule has 1 unspecified atom stereocenters. The number of phosphoric acid groups is 1. The average Bonchev–Trinajstić information content (AvgIpc) is 2.69. The largest absolute Gasteiger partial charge is 0.475 e. The van der Waals surface area contributed by atoms with Crippen molar-refractivity contribution in [2.24, 2.45) is 5.41 Å². The molecule has 1 saturated heterocycles. The molecule has 9 heteroatoms. The smallest absolute Gasteiger partial charge is 0.463 e. The quantitative estimate of drug-likeness (QED) is 0.180. The van der Waals surface area contributed by atoms with Crippen LogP contribution in [0.2, 0.25) is 0 Å². The Morgan fingerprint density at radius 3 is 2.09 bits per heavy atom. The molecule has 0 N–H and O–H groups in total. The molecule has 8 nitrogen and oxygen atoms in total. The predicted octanol–water partition coefficient (Wildman–Crippen LogP) is 5.20. The molecule has 0 saturated carbocycles. The van der Waals surface area contributed by atoms with E-state index < -0.39 is 24.4 Å². The van der Waals surface area contributed by atoms with E-state index in [1.807, 2.05) is 55.4 Å². The van der Waals surface area contributed by atoms with Crippen LogP contribution in [0, 0.1) is 5.41 Å². The Morgan fingerprint density at radius 2 is 1.53 bits per heavy atom. The summed E-state index contributed by atoms with van der Waals surface area (Å²) < 4.78 is 41.4. The van der Waals surface area contributed by atoms with E-state index in [1.54, 1.807) is 0 Å². The number of esters is 1. The van der Waals surface area contributed by atoms with Crippen molar-refractivity contribution in [2.75, 3.05) is 46.1 Å². The fourth-order valence-electron chi connectivity index (χ4n) is 3.23. The molecule has 0 aliphatic carbocycles. The van der Waals surface area contributed by atoms with E-state index >= 15 is 0 Å². The maximum atomic E-state index is 13.4. The predicted molar refractivity (Wildman–Crippen MR) is 126 cm³/mol. The van der Waals surface area contributed by atoms with Gasteiger partial charge in [-0.1, -0.05) is 20.3 Å². The monoisotopic (exact) mass is 479 g/mol. The molecule has 0 amide bonds. The molecule has 1 heterocycles. The maximum Gasteiger partial charge on any atom is 0.475 e. The van der Waals surface area contributed by atoms with Crippen molar-refractivity contribution in [2.45, 2.75) is 92.3 Å². The van der Waals surface area contributed by atoms with Gasteiger partial charge in [-0.05, 0) is 67.3 Å². The molecule has 0 bridgehead atoms. The van der Waals surface area contributed by atoms with Crippen molar-refractivity contribution in [3.05, 3.63) is 0 Å². The molecule has 0 aromatic carbocycles. The number of phosphoric ester groups is 1. The Bertz CT molecular complexity index is 615. The van der Waals surface area contributed by atoms with Gasteiger partial charge in [-0.3, -0.25) is 23.3 Å². The molecule has 0 aromatic heterocycles. The third kappa shape index (κ3) is 11.1. The second kappa shape index (κ2) is 12.8. The van der Waals surface area contributed by atoms with Crippen molar-refractivity contribution < 1.29 is 32.4 Å². The van der Waals surface area contributed by atoms with E-state index in [0.29, 0.717) is 19.3 Å². The zero-order valence-corrected chi connectivity index (χ0v) is 22.4. The minimum absolute atomic E-state index is 0.0166. The van der Waals surface area contributed by atoms with Gasteiger partial charge in [0, 0.05) is 13.1 Å². The van der Waals surface area contributed by atoms with E-state index in [2.05, 4.69) is 4.90 Å². The highest BCUT2D eigenvalue weighted by Gasteiger charge is 2.39. The van der Waals surface area contributed by atoms with Crippen LogP contribution in [0.15, 0.2) is 0 Å². The van der Waals surface area contributed by atoms with Crippen LogP contribution in [0.4, 0.5) is 0 Å². The fourth-order valence-corrected chi connectivity index (χ4v) is 5.10. The zero-order valence-electron chi connectivity index (χ0n) is 21.5. The molecular weight excluding hydrogens is 433 g/mol. The molecule has 1 fully saturated rings. The topological polar surface area (TPSA) is 83.5 Å². The summed E-state index contributed by atoms with van der Waals surface area (Å²) in [6, 6.07) is 0. The van der Waals surface area contributed by atoms with Crippen LogP contribution < -0.4 is 0 Å². The third-order valence-electron chi connectivity index (χ3n) is 5.70. The van der Waals surface area contributed by atoms with Crippen molar-refractivity contribution in [3.8, 4) is 0 Å². The van der Waals surface area contributed by atoms with Gasteiger partial charge in [-0.2, -0.15) is 0 Å². The van der Waals surface area contributed by atoms with E-state index in [4.69, 9.17) is 23.0 Å². The lowest BCUT2D eigenvalue weighted by atomic mass is 9.89. The summed E-state index contributed by atoms with van der Waals surface area (Å²) in [4.78, 5) is 14.9. The first-order valence-corrected chi connectivity index (χ1v) is 13.3. The molecule has 0 spiro atoms. The van der Waals surface area contributed by atoms with Gasteiger partial charge in [0.15, 0.2) is 0 Å². The molecule has 1 aliphatic rings. The number of hydrogen-bond donors (Lipinski definition) is 0. The first-order chi connectivity index (χ1) is 14.7. The Kier molecular flexibility index (Phi) is 11.8. The van der Waals surface area contributed by atoms with Gasteiger partial charge < -0.3 is 9.47 Å². The lowest BCUT2D eigenvalue weighted by molar-refractivity contribution is -0.155. The van der Waals surface area contributed by atoms with Gasteiger partial charge in [0.05, 0.1) is 36.4 Å². The summed E-state index contributed by atoms with van der Waals surface area (Å²) in [6.45, 7) is 19.1. The van der Waals surface area contributed by atoms with E-state index in [9.17, 15) is 9.36 Å². The standard InChI is InChI=1S/C23H46NO7P/c1-9-11-23(7,8)31-32(26,30-22(5,6)10-2)29-19-18-28-20(25)21(3,4)12-13-24-14-16-27-17-15-24/h9-19H2,1-8H3. The van der Waals surface area contributed by atoms with Crippen LogP contribution in [0.5, 0.6) is 0 Å². The van der Waals surface area contributed by atoms with Crippen molar-refractivity contribution in [1.82, 2.24) is 4.90 Å². The van der Waals surface area contributed by atoms with E-state index in [0.717, 1.165) is 39.3 Å². The summed E-state index contributed by atoms with van der Waals surface area (Å²) in [6.07, 6.45) is 2.92. The number of nitrogens with zero attached hydrogens (tertiary/aromatic N) is 1. The number of hydrogen-bond acceptors (Lipinski definition) is 8. The highest BCUT2D eigenvalue weighted by atomic mass is 31.2. The molecule has 1 atom stereocenters. The number of rotatable bonds is 15. The SMILES string of the molecule is CCCC(C)(C)OP(=O)(OCCOC(=O)C(C)(C)CCN1CCOCC1)OC(C)(C)CC. The Hall–Kier alpha value is -0.500. The molecule has 1 aliphatic heterocycles. The van der Waals surface area contributed by atoms with Crippen LogP contribution >= 0.6 is 7.82 Å². The van der Waals surface area contributed by atoms with Gasteiger partial charge in [0.1, 0.15) is 6.61 Å². The molecule has 0 radical (unpaired) electrons. The van der Waals surface area contributed by atoms with Crippen molar-refractivity contribution in [3.63, 3.8) is 0 Å². The molecule has 1 rings (SSSR count). The lowest BCUT2D eigenvalue weighted by Gasteiger charge is -2.34. The maximum absolute atomic E-state index is 13.4. The zero-order chi connectivity index (χ0) is 24.5. The summed E-state index contributed by atoms with van der Waals surface area (Å²) in [5.74, 6) is -0.300. The highest BCUT2D eigenvalue weighted by Crippen LogP contribution is 2.56. The number of carbonyl (C=O) groups is 1. The second-order valence-corrected chi connectivity index (χ2v) is 11.8. The van der Waals surface area contributed by atoms with Crippen LogP contribution in [0.3, 0.4) is 0 Å². The third-order valence-corrected chi connectivity index (χ3v) is 7.63. The van der Waals surface area contributed by atoms with E-state index in [-0.39, 0.29) is 19.2 Å². The lowest BCUT2D eigenvalue weighted by Crippen LogP contribution is -2.39. The van der Waals surface area contributed by atoms with Crippen LogP contribution in [0.25, 0.3) is 0 Å².